The van der Waals surface area contributed by atoms with Crippen molar-refractivity contribution in [3.63, 3.8) is 0 Å². The molecular weight excluding hydrogens is 150 g/mol. The summed E-state index contributed by atoms with van der Waals surface area (Å²) in [4.78, 5) is 13.8. The number of rotatable bonds is 0. The Balaban J connectivity index is 2.99. The second kappa shape index (κ2) is 2.48. The van der Waals surface area contributed by atoms with E-state index in [0.717, 1.165) is 16.5 Å². The maximum atomic E-state index is 11.0. The van der Waals surface area contributed by atoms with Crippen molar-refractivity contribution in [2.24, 2.45) is 0 Å². The second-order valence-electron chi connectivity index (χ2n) is 2.79. The zero-order chi connectivity index (χ0) is 8.55. The molecule has 2 rings (SSSR count). The minimum atomic E-state index is -0.0559. The molecule has 12 heavy (non-hydrogen) atoms. The summed E-state index contributed by atoms with van der Waals surface area (Å²) in [6.07, 6.45) is 0. The maximum absolute atomic E-state index is 11.0. The Morgan fingerprint density at radius 1 is 1.50 bits per heavy atom. The summed E-state index contributed by atoms with van der Waals surface area (Å²) in [5.74, 6) is 0. The molecule has 59 valence electrons. The van der Waals surface area contributed by atoms with Gasteiger partial charge in [-0.3, -0.25) is 4.79 Å². The number of pyridine rings is 1. The van der Waals surface area contributed by atoms with Crippen molar-refractivity contribution < 1.29 is 0 Å². The molecule has 1 N–H and O–H groups in total. The van der Waals surface area contributed by atoms with Gasteiger partial charge in [0.15, 0.2) is 0 Å². The van der Waals surface area contributed by atoms with Crippen molar-refractivity contribution in [1.82, 2.24) is 4.98 Å². The molecule has 2 heteroatoms. The minimum absolute atomic E-state index is 0.0559. The van der Waals surface area contributed by atoms with E-state index in [1.807, 2.05) is 19.1 Å². The lowest BCUT2D eigenvalue weighted by Gasteiger charge is -1.98. The number of hydrogen-bond donors (Lipinski definition) is 1. The quantitative estimate of drug-likeness (QED) is 0.621. The van der Waals surface area contributed by atoms with Gasteiger partial charge in [0.05, 0.1) is 0 Å². The van der Waals surface area contributed by atoms with E-state index in [-0.39, 0.29) is 5.56 Å². The Morgan fingerprint density at radius 2 is 2.33 bits per heavy atom. The molecule has 2 nitrogen and oxygen atoms in total. The third-order valence-corrected chi connectivity index (χ3v) is 1.89. The van der Waals surface area contributed by atoms with Gasteiger partial charge in [0.2, 0.25) is 5.56 Å². The average Bonchev–Trinajstić information content (AvgIpc) is 2.04. The van der Waals surface area contributed by atoms with Gasteiger partial charge in [0.25, 0.3) is 0 Å². The highest BCUT2D eigenvalue weighted by Crippen LogP contribution is 2.11. The molecule has 0 aliphatic heterocycles. The maximum Gasteiger partial charge on any atom is 0.248 e. The van der Waals surface area contributed by atoms with E-state index in [9.17, 15) is 4.79 Å². The van der Waals surface area contributed by atoms with Crippen LogP contribution in [0.1, 0.15) is 5.56 Å². The normalized spacial score (nSPS) is 10.4. The smallest absolute Gasteiger partial charge is 0.248 e. The van der Waals surface area contributed by atoms with Gasteiger partial charge in [0.1, 0.15) is 0 Å². The van der Waals surface area contributed by atoms with Gasteiger partial charge < -0.3 is 4.98 Å². The van der Waals surface area contributed by atoms with Crippen molar-refractivity contribution in [3.05, 3.63) is 46.2 Å². The van der Waals surface area contributed by atoms with Crippen molar-refractivity contribution >= 4 is 10.9 Å². The van der Waals surface area contributed by atoms with Crippen LogP contribution in [0.3, 0.4) is 0 Å². The van der Waals surface area contributed by atoms with Crippen molar-refractivity contribution in [1.29, 1.82) is 0 Å². The summed E-state index contributed by atoms with van der Waals surface area (Å²) < 4.78 is 0. The van der Waals surface area contributed by atoms with Gasteiger partial charge in [-0.25, -0.2) is 0 Å². The fourth-order valence-corrected chi connectivity index (χ4v) is 1.32. The summed E-state index contributed by atoms with van der Waals surface area (Å²) in [5, 5.41) is 1.08. The van der Waals surface area contributed by atoms with E-state index < -0.39 is 0 Å². The monoisotopic (exact) mass is 158 g/mol. The van der Waals surface area contributed by atoms with Gasteiger partial charge in [-0.05, 0) is 24.6 Å². The SMILES string of the molecule is Cc1cc(=O)[nH]c2c[c]ccc12. The first-order chi connectivity index (χ1) is 5.77. The number of aryl methyl sites for hydroxylation is 1. The van der Waals surface area contributed by atoms with E-state index in [0.29, 0.717) is 0 Å². The highest BCUT2D eigenvalue weighted by atomic mass is 16.1. The molecule has 2 aromatic rings. The van der Waals surface area contributed by atoms with Crippen LogP contribution >= 0.6 is 0 Å². The highest BCUT2D eigenvalue weighted by molar-refractivity contribution is 5.81. The van der Waals surface area contributed by atoms with E-state index in [1.165, 1.54) is 0 Å². The van der Waals surface area contributed by atoms with Gasteiger partial charge in [-0.15, -0.1) is 0 Å². The first-order valence-electron chi connectivity index (χ1n) is 3.77. The molecule has 1 radical (unpaired) electrons. The van der Waals surface area contributed by atoms with E-state index in [1.54, 1.807) is 12.1 Å². The van der Waals surface area contributed by atoms with Crippen LogP contribution in [0.4, 0.5) is 0 Å². The second-order valence-corrected chi connectivity index (χ2v) is 2.79. The van der Waals surface area contributed by atoms with E-state index in [4.69, 9.17) is 0 Å². The molecule has 0 aliphatic carbocycles. The van der Waals surface area contributed by atoms with Gasteiger partial charge in [0, 0.05) is 17.0 Å². The first-order valence-corrected chi connectivity index (χ1v) is 3.77. The Labute approximate surface area is 69.9 Å². The molecule has 0 bridgehead atoms. The highest BCUT2D eigenvalue weighted by Gasteiger charge is 1.96. The lowest BCUT2D eigenvalue weighted by molar-refractivity contribution is 1.28. The number of H-pyrrole nitrogens is 1. The predicted molar refractivity (Wildman–Crippen MR) is 48.1 cm³/mol. The van der Waals surface area contributed by atoms with E-state index >= 15 is 0 Å². The van der Waals surface area contributed by atoms with Gasteiger partial charge >= 0.3 is 0 Å². The summed E-state index contributed by atoms with van der Waals surface area (Å²) in [6, 6.07) is 10.1. The standard InChI is InChI=1S/C10H8NO/c1-7-6-10(12)11-9-5-3-2-4-8(7)9/h2,4-6H,1H3,(H,11,12). The summed E-state index contributed by atoms with van der Waals surface area (Å²) in [7, 11) is 0. The molecule has 0 aliphatic rings. The summed E-state index contributed by atoms with van der Waals surface area (Å²) >= 11 is 0. The number of hydrogen-bond acceptors (Lipinski definition) is 1. The van der Waals surface area contributed by atoms with Crippen LogP contribution in [0, 0.1) is 13.0 Å². The topological polar surface area (TPSA) is 32.9 Å². The number of benzene rings is 1. The van der Waals surface area contributed by atoms with Gasteiger partial charge in [-0.2, -0.15) is 0 Å². The Morgan fingerprint density at radius 3 is 3.17 bits per heavy atom. The number of aromatic amines is 1. The fourth-order valence-electron chi connectivity index (χ4n) is 1.32. The molecule has 0 saturated heterocycles. The predicted octanol–water partition coefficient (Wildman–Crippen LogP) is 1.64. The third-order valence-electron chi connectivity index (χ3n) is 1.89. The molecule has 1 aromatic carbocycles. The van der Waals surface area contributed by atoms with Crippen molar-refractivity contribution in [2.75, 3.05) is 0 Å². The first kappa shape index (κ1) is 7.10. The molecule has 0 amide bonds. The molecule has 1 heterocycles. The zero-order valence-electron chi connectivity index (χ0n) is 6.72. The summed E-state index contributed by atoms with van der Waals surface area (Å²) in [5.41, 5.74) is 1.80. The zero-order valence-corrected chi connectivity index (χ0v) is 6.72. The molecule has 1 aromatic heterocycles. The van der Waals surface area contributed by atoms with Gasteiger partial charge in [-0.1, -0.05) is 12.1 Å². The van der Waals surface area contributed by atoms with Crippen molar-refractivity contribution in [2.45, 2.75) is 6.92 Å². The Hall–Kier alpha value is -1.57. The van der Waals surface area contributed by atoms with Crippen LogP contribution in [0.5, 0.6) is 0 Å². The molecule has 0 saturated carbocycles. The molecule has 0 fully saturated rings. The van der Waals surface area contributed by atoms with Crippen LogP contribution in [0.2, 0.25) is 0 Å². The average molecular weight is 158 g/mol. The minimum Gasteiger partial charge on any atom is -0.322 e. The largest absolute Gasteiger partial charge is 0.322 e. The lowest BCUT2D eigenvalue weighted by Crippen LogP contribution is -2.04. The van der Waals surface area contributed by atoms with Crippen LogP contribution in [0.25, 0.3) is 10.9 Å². The molecule has 0 unspecified atom stereocenters. The van der Waals surface area contributed by atoms with Crippen LogP contribution in [-0.2, 0) is 0 Å². The van der Waals surface area contributed by atoms with Crippen molar-refractivity contribution in [3.8, 4) is 0 Å². The van der Waals surface area contributed by atoms with Crippen LogP contribution in [-0.4, -0.2) is 4.98 Å². The fraction of sp³-hybridized carbons (Fsp3) is 0.100. The van der Waals surface area contributed by atoms with E-state index in [2.05, 4.69) is 11.1 Å². The summed E-state index contributed by atoms with van der Waals surface area (Å²) in [6.45, 7) is 1.93. The Kier molecular flexibility index (Phi) is 1.47. The Bertz CT molecular complexity index is 470. The third kappa shape index (κ3) is 1.01. The molecule has 0 spiro atoms. The molecular formula is C10H8NO. The van der Waals surface area contributed by atoms with Crippen LogP contribution < -0.4 is 5.56 Å². The lowest BCUT2D eigenvalue weighted by atomic mass is 10.1. The number of nitrogens with one attached hydrogen (secondary N) is 1. The molecule has 0 atom stereocenters. The number of aromatic nitrogens is 1. The number of fused-ring (bicyclic) bond motifs is 1. The van der Waals surface area contributed by atoms with Crippen LogP contribution in [0.15, 0.2) is 29.1 Å².